The molecular weight excluding hydrogens is 255 g/mol. The van der Waals surface area contributed by atoms with Gasteiger partial charge in [-0.15, -0.1) is 0 Å². The summed E-state index contributed by atoms with van der Waals surface area (Å²) in [6.07, 6.45) is 10.4. The summed E-state index contributed by atoms with van der Waals surface area (Å²) in [7, 11) is 2.27. The normalized spacial score (nSPS) is 13.0. The fourth-order valence-corrected chi connectivity index (χ4v) is 2.18. The van der Waals surface area contributed by atoms with E-state index in [1.807, 2.05) is 12.2 Å². The van der Waals surface area contributed by atoms with Crippen LogP contribution >= 0.6 is 0 Å². The molecule has 0 fully saturated rings. The Balaban J connectivity index is 4.22. The van der Waals surface area contributed by atoms with Crippen molar-refractivity contribution in [2.24, 2.45) is 11.7 Å². The molecule has 0 aliphatic rings. The first-order valence-corrected chi connectivity index (χ1v) is 8.37. The lowest BCUT2D eigenvalue weighted by molar-refractivity contribution is 0.304. The van der Waals surface area contributed by atoms with Crippen LogP contribution in [0.4, 0.5) is 0 Å². The minimum absolute atomic E-state index is 0.696. The van der Waals surface area contributed by atoms with Crippen molar-refractivity contribution in [2.45, 2.75) is 53.3 Å². The fourth-order valence-electron chi connectivity index (χ4n) is 2.18. The second-order valence-electron chi connectivity index (χ2n) is 5.93. The van der Waals surface area contributed by atoms with Crippen molar-refractivity contribution in [2.75, 3.05) is 19.6 Å². The largest absolute Gasteiger partial charge is 0.402 e. The van der Waals surface area contributed by atoms with Crippen LogP contribution in [0.2, 0.25) is 6.32 Å². The highest BCUT2D eigenvalue weighted by atomic mass is 15.1. The summed E-state index contributed by atoms with van der Waals surface area (Å²) in [5.41, 5.74) is 8.26. The molecule has 0 atom stereocenters. The van der Waals surface area contributed by atoms with Gasteiger partial charge in [-0.2, -0.15) is 0 Å². The van der Waals surface area contributed by atoms with Crippen molar-refractivity contribution in [3.8, 4) is 0 Å². The average molecular weight is 289 g/mol. The summed E-state index contributed by atoms with van der Waals surface area (Å²) in [5.74, 6) is 0.696. The molecule has 0 aromatic rings. The Morgan fingerprint density at radius 1 is 1.29 bits per heavy atom. The summed E-state index contributed by atoms with van der Waals surface area (Å²) in [6, 6.07) is 0. The Labute approximate surface area is 133 Å². The van der Waals surface area contributed by atoms with Crippen molar-refractivity contribution >= 4 is 7.28 Å². The summed E-state index contributed by atoms with van der Waals surface area (Å²) in [6.45, 7) is 16.1. The molecule has 0 heterocycles. The van der Waals surface area contributed by atoms with Crippen molar-refractivity contribution in [3.05, 3.63) is 36.0 Å². The van der Waals surface area contributed by atoms with E-state index >= 15 is 0 Å². The van der Waals surface area contributed by atoms with Crippen LogP contribution in [0.25, 0.3) is 0 Å². The first-order valence-electron chi connectivity index (χ1n) is 8.37. The third kappa shape index (κ3) is 11.4. The molecule has 0 aliphatic heterocycles. The van der Waals surface area contributed by atoms with Crippen molar-refractivity contribution in [1.82, 2.24) is 4.90 Å². The zero-order chi connectivity index (χ0) is 16.1. The predicted molar refractivity (Wildman–Crippen MR) is 97.6 cm³/mol. The van der Waals surface area contributed by atoms with E-state index < -0.39 is 0 Å². The van der Waals surface area contributed by atoms with Gasteiger partial charge in [0.05, 0.1) is 0 Å². The number of rotatable bonds is 12. The Morgan fingerprint density at radius 2 is 1.95 bits per heavy atom. The smallest absolute Gasteiger partial charge is 0.151 e. The van der Waals surface area contributed by atoms with E-state index in [9.17, 15) is 0 Å². The zero-order valence-electron chi connectivity index (χ0n) is 14.6. The summed E-state index contributed by atoms with van der Waals surface area (Å²) < 4.78 is 0. The Bertz CT molecular complexity index is 328. The van der Waals surface area contributed by atoms with Gasteiger partial charge >= 0.3 is 0 Å². The monoisotopic (exact) mass is 289 g/mol. The van der Waals surface area contributed by atoms with Gasteiger partial charge < -0.3 is 10.6 Å². The van der Waals surface area contributed by atoms with Crippen LogP contribution in [0.1, 0.15) is 47.0 Å². The molecule has 2 N–H and O–H groups in total. The van der Waals surface area contributed by atoms with Gasteiger partial charge in [0.15, 0.2) is 7.28 Å². The molecule has 0 amide bonds. The molecule has 0 spiro atoms. The Kier molecular flexibility index (Phi) is 12.2. The van der Waals surface area contributed by atoms with Crippen LogP contribution in [0.5, 0.6) is 0 Å². The number of nitrogens with two attached hydrogens (primary N) is 1. The Morgan fingerprint density at radius 3 is 2.48 bits per heavy atom. The number of nitrogens with zero attached hydrogens (tertiary/aromatic N) is 1. The molecule has 1 radical (unpaired) electrons. The minimum atomic E-state index is 0.696. The molecule has 0 aliphatic carbocycles. The SMILES string of the molecule is C=C/C=C([B]CCCN(CC)CC)\C=C(\N)CCC(C)C. The summed E-state index contributed by atoms with van der Waals surface area (Å²) in [4.78, 5) is 2.46. The first-order chi connectivity index (χ1) is 10.0. The van der Waals surface area contributed by atoms with E-state index in [0.717, 1.165) is 44.5 Å². The highest BCUT2D eigenvalue weighted by Gasteiger charge is 2.02. The first kappa shape index (κ1) is 20.0. The molecule has 119 valence electrons. The zero-order valence-corrected chi connectivity index (χ0v) is 14.6. The molecule has 2 nitrogen and oxygen atoms in total. The maximum absolute atomic E-state index is 6.11. The highest BCUT2D eigenvalue weighted by molar-refractivity contribution is 6.46. The predicted octanol–water partition coefficient (Wildman–Crippen LogP) is 4.19. The van der Waals surface area contributed by atoms with E-state index in [-0.39, 0.29) is 0 Å². The second kappa shape index (κ2) is 12.8. The van der Waals surface area contributed by atoms with E-state index in [1.54, 1.807) is 0 Å². The van der Waals surface area contributed by atoms with Gasteiger partial charge in [0.1, 0.15) is 0 Å². The lowest BCUT2D eigenvalue weighted by Crippen LogP contribution is -2.24. The van der Waals surface area contributed by atoms with Gasteiger partial charge in [-0.25, -0.2) is 0 Å². The van der Waals surface area contributed by atoms with Crippen molar-refractivity contribution in [1.29, 1.82) is 0 Å². The second-order valence-corrected chi connectivity index (χ2v) is 5.93. The maximum atomic E-state index is 6.11. The average Bonchev–Trinajstić information content (AvgIpc) is 2.45. The molecule has 0 aromatic heterocycles. The molecular formula is C18H34BN2. The maximum Gasteiger partial charge on any atom is 0.151 e. The van der Waals surface area contributed by atoms with Crippen LogP contribution in [0, 0.1) is 5.92 Å². The molecule has 0 aromatic carbocycles. The van der Waals surface area contributed by atoms with Gasteiger partial charge in [0.2, 0.25) is 0 Å². The van der Waals surface area contributed by atoms with Crippen LogP contribution in [-0.2, 0) is 0 Å². The quantitative estimate of drug-likeness (QED) is 0.331. The summed E-state index contributed by atoms with van der Waals surface area (Å²) in [5, 5.41) is 0. The standard InChI is InChI=1S/C18H34BN2/c1-6-10-17(15-18(20)12-11-16(4)5)19-13-9-14-21(7-2)8-3/h6,10,15-16H,1,7-9,11-14,20H2,2-5H3/b17-10+,18-15+. The molecule has 0 saturated carbocycles. The van der Waals surface area contributed by atoms with Crippen LogP contribution < -0.4 is 5.73 Å². The Hall–Kier alpha value is -0.955. The van der Waals surface area contributed by atoms with Crippen LogP contribution in [-0.4, -0.2) is 31.8 Å². The molecule has 21 heavy (non-hydrogen) atoms. The number of allylic oxidation sites excluding steroid dienone is 5. The van der Waals surface area contributed by atoms with E-state index in [0.29, 0.717) is 5.92 Å². The van der Waals surface area contributed by atoms with Gasteiger partial charge in [-0.05, 0) is 50.9 Å². The summed E-state index contributed by atoms with van der Waals surface area (Å²) >= 11 is 0. The van der Waals surface area contributed by atoms with E-state index in [4.69, 9.17) is 5.73 Å². The molecule has 0 rings (SSSR count). The highest BCUT2D eigenvalue weighted by Crippen LogP contribution is 2.11. The van der Waals surface area contributed by atoms with Crippen LogP contribution in [0.15, 0.2) is 36.0 Å². The van der Waals surface area contributed by atoms with Gasteiger partial charge in [0.25, 0.3) is 0 Å². The van der Waals surface area contributed by atoms with Gasteiger partial charge in [-0.1, -0.05) is 58.2 Å². The number of hydrogen-bond acceptors (Lipinski definition) is 2. The molecule has 0 saturated heterocycles. The fraction of sp³-hybridized carbons (Fsp3) is 0.667. The number of hydrogen-bond donors (Lipinski definition) is 1. The van der Waals surface area contributed by atoms with Crippen molar-refractivity contribution < 1.29 is 0 Å². The molecule has 0 unspecified atom stereocenters. The molecule has 0 bridgehead atoms. The third-order valence-corrected chi connectivity index (χ3v) is 3.63. The van der Waals surface area contributed by atoms with Gasteiger partial charge in [-0.3, -0.25) is 0 Å². The van der Waals surface area contributed by atoms with E-state index in [2.05, 4.69) is 52.5 Å². The lowest BCUT2D eigenvalue weighted by atomic mass is 9.65. The van der Waals surface area contributed by atoms with Crippen LogP contribution in [0.3, 0.4) is 0 Å². The van der Waals surface area contributed by atoms with Crippen molar-refractivity contribution in [3.63, 3.8) is 0 Å². The minimum Gasteiger partial charge on any atom is -0.402 e. The molecule has 3 heteroatoms. The third-order valence-electron chi connectivity index (χ3n) is 3.63. The van der Waals surface area contributed by atoms with Gasteiger partial charge in [0, 0.05) is 5.70 Å². The topological polar surface area (TPSA) is 29.3 Å². The lowest BCUT2D eigenvalue weighted by Gasteiger charge is -2.17. The van der Waals surface area contributed by atoms with E-state index in [1.165, 1.54) is 11.9 Å².